The van der Waals surface area contributed by atoms with Crippen molar-refractivity contribution in [3.63, 3.8) is 0 Å². The highest BCUT2D eigenvalue weighted by molar-refractivity contribution is 7.80. The summed E-state index contributed by atoms with van der Waals surface area (Å²) in [7, 11) is 0. The van der Waals surface area contributed by atoms with Crippen LogP contribution >= 0.6 is 12.6 Å². The second-order valence-corrected chi connectivity index (χ2v) is 4.87. The molecule has 0 atom stereocenters. The monoisotopic (exact) mass is 288 g/mol. The van der Waals surface area contributed by atoms with Gasteiger partial charge in [0, 0.05) is 4.90 Å². The van der Waals surface area contributed by atoms with Crippen LogP contribution in [-0.2, 0) is 0 Å². The fourth-order valence-electron chi connectivity index (χ4n) is 1.96. The molecule has 0 aliphatic heterocycles. The molecule has 20 heavy (non-hydrogen) atoms. The van der Waals surface area contributed by atoms with E-state index in [2.05, 4.69) is 12.6 Å². The number of aryl methyl sites for hydroxylation is 1. The predicted octanol–water partition coefficient (Wildman–Crippen LogP) is 3.35. The van der Waals surface area contributed by atoms with E-state index in [4.69, 9.17) is 5.11 Å². The van der Waals surface area contributed by atoms with Crippen molar-refractivity contribution in [3.05, 3.63) is 53.1 Å². The van der Waals surface area contributed by atoms with Gasteiger partial charge in [0.1, 0.15) is 0 Å². The van der Waals surface area contributed by atoms with Crippen molar-refractivity contribution in [1.82, 2.24) is 0 Å². The van der Waals surface area contributed by atoms with Crippen LogP contribution in [0.5, 0.6) is 0 Å². The molecule has 0 saturated carbocycles. The highest BCUT2D eigenvalue weighted by Crippen LogP contribution is 2.31. The second-order valence-electron chi connectivity index (χ2n) is 4.39. The number of benzene rings is 2. The number of carboxylic acids is 2. The van der Waals surface area contributed by atoms with Gasteiger partial charge < -0.3 is 10.2 Å². The molecule has 2 rings (SSSR count). The summed E-state index contributed by atoms with van der Waals surface area (Å²) < 4.78 is 0. The largest absolute Gasteiger partial charge is 0.478 e. The summed E-state index contributed by atoms with van der Waals surface area (Å²) in [5, 5.41) is 18.3. The number of carboxylic acid groups (broad SMARTS) is 2. The van der Waals surface area contributed by atoms with Crippen molar-refractivity contribution in [2.24, 2.45) is 0 Å². The van der Waals surface area contributed by atoms with E-state index >= 15 is 0 Å². The van der Waals surface area contributed by atoms with Gasteiger partial charge in [-0.15, -0.1) is 12.6 Å². The third-order valence-corrected chi connectivity index (χ3v) is 3.31. The molecular weight excluding hydrogens is 276 g/mol. The highest BCUT2D eigenvalue weighted by atomic mass is 32.1. The Bertz CT molecular complexity index is 707. The summed E-state index contributed by atoms with van der Waals surface area (Å²) in [4.78, 5) is 22.9. The zero-order valence-corrected chi connectivity index (χ0v) is 11.5. The number of hydrogen-bond acceptors (Lipinski definition) is 3. The van der Waals surface area contributed by atoms with Crippen LogP contribution < -0.4 is 0 Å². The van der Waals surface area contributed by atoms with Crippen LogP contribution in [-0.4, -0.2) is 22.2 Å². The zero-order chi connectivity index (χ0) is 14.9. The van der Waals surface area contributed by atoms with Crippen molar-refractivity contribution >= 4 is 24.6 Å². The first-order valence-corrected chi connectivity index (χ1v) is 6.25. The molecule has 4 nitrogen and oxygen atoms in total. The van der Waals surface area contributed by atoms with E-state index in [1.807, 2.05) is 13.0 Å². The van der Waals surface area contributed by atoms with Gasteiger partial charge in [-0.25, -0.2) is 9.59 Å². The van der Waals surface area contributed by atoms with Gasteiger partial charge in [-0.2, -0.15) is 0 Å². The van der Waals surface area contributed by atoms with Gasteiger partial charge in [-0.1, -0.05) is 12.1 Å². The van der Waals surface area contributed by atoms with Gasteiger partial charge in [0.2, 0.25) is 0 Å². The predicted molar refractivity (Wildman–Crippen MR) is 77.8 cm³/mol. The first-order chi connectivity index (χ1) is 9.40. The van der Waals surface area contributed by atoms with Crippen LogP contribution in [0.2, 0.25) is 0 Å². The van der Waals surface area contributed by atoms with Crippen molar-refractivity contribution in [2.45, 2.75) is 11.8 Å². The van der Waals surface area contributed by atoms with Gasteiger partial charge in [-0.3, -0.25) is 0 Å². The molecule has 0 radical (unpaired) electrons. The minimum Gasteiger partial charge on any atom is -0.478 e. The molecule has 0 aliphatic rings. The lowest BCUT2D eigenvalue weighted by Gasteiger charge is -2.10. The summed E-state index contributed by atoms with van der Waals surface area (Å²) in [6, 6.07) is 9.31. The number of aromatic carboxylic acids is 2. The van der Waals surface area contributed by atoms with Crippen LogP contribution in [0.1, 0.15) is 26.3 Å². The summed E-state index contributed by atoms with van der Waals surface area (Å²) in [6.45, 7) is 1.90. The topological polar surface area (TPSA) is 74.6 Å². The molecule has 102 valence electrons. The van der Waals surface area contributed by atoms with Gasteiger partial charge >= 0.3 is 11.9 Å². The van der Waals surface area contributed by atoms with E-state index < -0.39 is 11.9 Å². The third kappa shape index (κ3) is 2.67. The Morgan fingerprint density at radius 1 is 0.950 bits per heavy atom. The maximum Gasteiger partial charge on any atom is 0.336 e. The lowest BCUT2D eigenvalue weighted by molar-refractivity contribution is 0.0682. The molecule has 0 spiro atoms. The fourth-order valence-corrected chi connectivity index (χ4v) is 2.35. The van der Waals surface area contributed by atoms with Crippen LogP contribution in [0, 0.1) is 6.92 Å². The fraction of sp³-hybridized carbons (Fsp3) is 0.0667. The summed E-state index contributed by atoms with van der Waals surface area (Å²) in [6.07, 6.45) is 0. The maximum absolute atomic E-state index is 11.3. The minimum atomic E-state index is -1.11. The summed E-state index contributed by atoms with van der Waals surface area (Å²) in [5.41, 5.74) is 2.03. The van der Waals surface area contributed by atoms with Crippen molar-refractivity contribution in [3.8, 4) is 11.1 Å². The first kappa shape index (κ1) is 14.1. The lowest BCUT2D eigenvalue weighted by atomic mass is 9.96. The molecule has 0 aliphatic carbocycles. The maximum atomic E-state index is 11.3. The van der Waals surface area contributed by atoms with Crippen molar-refractivity contribution < 1.29 is 19.8 Å². The number of carbonyl (C=O) groups is 2. The highest BCUT2D eigenvalue weighted by Gasteiger charge is 2.16. The Labute approximate surface area is 121 Å². The third-order valence-electron chi connectivity index (χ3n) is 2.94. The SMILES string of the molecule is Cc1ccc(-c2cc(C(=O)O)ccc2C(=O)O)c(S)c1. The van der Waals surface area contributed by atoms with E-state index in [1.165, 1.54) is 18.2 Å². The standard InChI is InChI=1S/C15H12O4S/c1-8-2-4-10(13(20)6-8)12-7-9(14(16)17)3-5-11(12)15(18)19/h2-7,20H,1H3,(H,16,17)(H,18,19). The second kappa shape index (κ2) is 5.38. The van der Waals surface area contributed by atoms with Gasteiger partial charge in [0.05, 0.1) is 11.1 Å². The smallest absolute Gasteiger partial charge is 0.336 e. The Kier molecular flexibility index (Phi) is 3.81. The van der Waals surface area contributed by atoms with Crippen molar-refractivity contribution in [1.29, 1.82) is 0 Å². The average Bonchev–Trinajstić information content (AvgIpc) is 2.37. The molecule has 0 fully saturated rings. The van der Waals surface area contributed by atoms with E-state index in [-0.39, 0.29) is 11.1 Å². The van der Waals surface area contributed by atoms with Crippen LogP contribution in [0.3, 0.4) is 0 Å². The van der Waals surface area contributed by atoms with Gasteiger partial charge in [0.15, 0.2) is 0 Å². The van der Waals surface area contributed by atoms with E-state index in [0.29, 0.717) is 16.0 Å². The number of thiol groups is 1. The van der Waals surface area contributed by atoms with E-state index in [0.717, 1.165) is 5.56 Å². The Hall–Kier alpha value is -2.27. The zero-order valence-electron chi connectivity index (χ0n) is 10.6. The lowest BCUT2D eigenvalue weighted by Crippen LogP contribution is -2.03. The normalized spacial score (nSPS) is 10.3. The molecule has 0 saturated heterocycles. The van der Waals surface area contributed by atoms with Crippen molar-refractivity contribution in [2.75, 3.05) is 0 Å². The Balaban J connectivity index is 2.72. The molecular formula is C15H12O4S. The van der Waals surface area contributed by atoms with E-state index in [9.17, 15) is 14.7 Å². The average molecular weight is 288 g/mol. The quantitative estimate of drug-likeness (QED) is 0.757. The van der Waals surface area contributed by atoms with Gasteiger partial charge in [0.25, 0.3) is 0 Å². The summed E-state index contributed by atoms with van der Waals surface area (Å²) in [5.74, 6) is -2.21. The van der Waals surface area contributed by atoms with Crippen LogP contribution in [0.4, 0.5) is 0 Å². The van der Waals surface area contributed by atoms with E-state index in [1.54, 1.807) is 12.1 Å². The molecule has 0 bridgehead atoms. The molecule has 2 aromatic carbocycles. The molecule has 0 heterocycles. The number of hydrogen-bond donors (Lipinski definition) is 3. The Morgan fingerprint density at radius 3 is 2.20 bits per heavy atom. The molecule has 5 heteroatoms. The Morgan fingerprint density at radius 2 is 1.65 bits per heavy atom. The first-order valence-electron chi connectivity index (χ1n) is 5.81. The van der Waals surface area contributed by atoms with Crippen LogP contribution in [0.25, 0.3) is 11.1 Å². The number of rotatable bonds is 3. The summed E-state index contributed by atoms with van der Waals surface area (Å²) >= 11 is 4.34. The molecule has 2 N–H and O–H groups in total. The minimum absolute atomic E-state index is 0.0401. The van der Waals surface area contributed by atoms with Crippen LogP contribution in [0.15, 0.2) is 41.3 Å². The van der Waals surface area contributed by atoms with Gasteiger partial charge in [-0.05, 0) is 47.9 Å². The molecule has 0 aromatic heterocycles. The molecule has 0 amide bonds. The molecule has 2 aromatic rings. The molecule has 0 unspecified atom stereocenters.